The van der Waals surface area contributed by atoms with Crippen molar-refractivity contribution in [3.8, 4) is 0 Å². The Balaban J connectivity index is 5.12. The summed E-state index contributed by atoms with van der Waals surface area (Å²) >= 11 is 0. The molecule has 0 aromatic heterocycles. The Morgan fingerprint density at radius 1 is 0.960 bits per heavy atom. The summed E-state index contributed by atoms with van der Waals surface area (Å²) in [5.74, 6) is -0.339. The van der Waals surface area contributed by atoms with Gasteiger partial charge in [0, 0.05) is 12.1 Å². The van der Waals surface area contributed by atoms with Crippen LogP contribution in [0.25, 0.3) is 0 Å². The van der Waals surface area contributed by atoms with Gasteiger partial charge in [-0.2, -0.15) is 0 Å². The third-order valence-corrected chi connectivity index (χ3v) is 15.0. The predicted molar refractivity (Wildman–Crippen MR) is 114 cm³/mol. The highest BCUT2D eigenvalue weighted by Gasteiger charge is 2.43. The average molecular weight is 417 g/mol. The van der Waals surface area contributed by atoms with Gasteiger partial charge in [0.2, 0.25) is 0 Å². The summed E-state index contributed by atoms with van der Waals surface area (Å²) < 4.78 is 24.1. The molecule has 0 fully saturated rings. The molecule has 0 bridgehead atoms. The van der Waals surface area contributed by atoms with E-state index in [0.29, 0.717) is 19.1 Å². The molecule has 142 valence electrons. The number of carbonyl (C=O) groups is 1. The smallest absolute Gasteiger partial charge is 0.463 e. The van der Waals surface area contributed by atoms with Gasteiger partial charge in [0.25, 0.3) is 0 Å². The number of rotatable bonds is 14. The van der Waals surface area contributed by atoms with E-state index in [1.165, 1.54) is 6.08 Å². The minimum Gasteiger partial charge on any atom is -0.463 e. The van der Waals surface area contributed by atoms with Gasteiger partial charge in [0.15, 0.2) is 27.1 Å². The molecular weight excluding hydrogens is 385 g/mol. The molecule has 0 N–H and O–H groups in total. The molecule has 0 radical (unpaired) electrons. The van der Waals surface area contributed by atoms with Crippen LogP contribution in [0, 0.1) is 0 Å². The van der Waals surface area contributed by atoms with E-state index >= 15 is 0 Å². The molecule has 3 unspecified atom stereocenters. The molecule has 25 heavy (non-hydrogen) atoms. The van der Waals surface area contributed by atoms with E-state index in [2.05, 4.69) is 19.7 Å². The SMILES string of the molecule is C=C[SiH](C)O[Si](CCCOC(=O)C=CC)(O[SiH](C)C=C)O[SiH](C)C=C. The quantitative estimate of drug-likeness (QED) is 0.189. The van der Waals surface area contributed by atoms with Gasteiger partial charge in [0.05, 0.1) is 6.61 Å². The topological polar surface area (TPSA) is 54.0 Å². The second kappa shape index (κ2) is 13.4. The van der Waals surface area contributed by atoms with Gasteiger partial charge in [-0.25, -0.2) is 4.79 Å². The molecule has 3 atom stereocenters. The fourth-order valence-electron chi connectivity index (χ4n) is 1.90. The summed E-state index contributed by atoms with van der Waals surface area (Å²) in [6.45, 7) is 19.7. The lowest BCUT2D eigenvalue weighted by Crippen LogP contribution is -2.53. The number of allylic oxidation sites excluding steroid dienone is 1. The van der Waals surface area contributed by atoms with Crippen LogP contribution in [0.5, 0.6) is 0 Å². The largest absolute Gasteiger partial charge is 0.469 e. The summed E-state index contributed by atoms with van der Waals surface area (Å²) in [6, 6.07) is 0.609. The van der Waals surface area contributed by atoms with Crippen molar-refractivity contribution in [2.75, 3.05) is 6.61 Å². The van der Waals surface area contributed by atoms with E-state index in [1.54, 1.807) is 13.0 Å². The molecule has 0 aromatic rings. The highest BCUT2D eigenvalue weighted by Crippen LogP contribution is 2.22. The summed E-state index contributed by atoms with van der Waals surface area (Å²) in [5, 5.41) is 0. The van der Waals surface area contributed by atoms with Crippen LogP contribution in [0.1, 0.15) is 13.3 Å². The van der Waals surface area contributed by atoms with Crippen LogP contribution in [0.4, 0.5) is 0 Å². The Kier molecular flexibility index (Phi) is 12.9. The Hall–Kier alpha value is -0.822. The number of esters is 1. The summed E-state index contributed by atoms with van der Waals surface area (Å²) in [5.41, 5.74) is 5.59. The molecule has 0 aliphatic carbocycles. The third-order valence-electron chi connectivity index (χ3n) is 3.27. The van der Waals surface area contributed by atoms with Gasteiger partial charge >= 0.3 is 14.8 Å². The van der Waals surface area contributed by atoms with Crippen LogP contribution in [0.2, 0.25) is 25.7 Å². The van der Waals surface area contributed by atoms with E-state index in [4.69, 9.17) is 17.1 Å². The fraction of sp³-hybridized carbons (Fsp3) is 0.438. The lowest BCUT2D eigenvalue weighted by Gasteiger charge is -2.35. The molecular formula is C16H32O5Si4. The standard InChI is InChI=1S/C16H32O5Si4/c1-8-13-16(17)18-14-12-15-25(19-22(5)9-2,20-23(6)10-3)21-24(7)11-4/h8-11,13,22-24H,2-4,12,14-15H2,1,5-7H3. The Labute approximate surface area is 158 Å². The molecule has 0 heterocycles. The van der Waals surface area contributed by atoms with Crippen molar-refractivity contribution >= 4 is 41.9 Å². The van der Waals surface area contributed by atoms with Crippen molar-refractivity contribution in [2.45, 2.75) is 39.0 Å². The second-order valence-corrected chi connectivity index (χ2v) is 16.0. The molecule has 0 rings (SSSR count). The molecule has 0 aromatic carbocycles. The summed E-state index contributed by atoms with van der Waals surface area (Å²) in [7, 11) is -7.66. The van der Waals surface area contributed by atoms with Crippen LogP contribution in [0.15, 0.2) is 49.0 Å². The number of carbonyl (C=O) groups excluding carboxylic acids is 1. The second-order valence-electron chi connectivity index (χ2n) is 5.63. The van der Waals surface area contributed by atoms with Gasteiger partial charge in [-0.1, -0.05) is 23.2 Å². The molecule has 0 aliphatic rings. The first-order valence-electron chi connectivity index (χ1n) is 8.53. The van der Waals surface area contributed by atoms with Crippen molar-refractivity contribution in [1.82, 2.24) is 0 Å². The van der Waals surface area contributed by atoms with Crippen molar-refractivity contribution < 1.29 is 21.9 Å². The minimum absolute atomic E-state index is 0.312. The van der Waals surface area contributed by atoms with E-state index in [1.807, 2.05) is 36.7 Å². The van der Waals surface area contributed by atoms with Crippen molar-refractivity contribution in [3.63, 3.8) is 0 Å². The first kappa shape index (κ1) is 24.2. The van der Waals surface area contributed by atoms with E-state index < -0.39 is 35.9 Å². The summed E-state index contributed by atoms with van der Waals surface area (Å²) in [4.78, 5) is 11.4. The van der Waals surface area contributed by atoms with E-state index in [0.717, 1.165) is 0 Å². The van der Waals surface area contributed by atoms with Crippen molar-refractivity contribution in [2.24, 2.45) is 0 Å². The maximum atomic E-state index is 11.4. The molecule has 0 spiro atoms. The van der Waals surface area contributed by atoms with E-state index in [9.17, 15) is 4.79 Å². The van der Waals surface area contributed by atoms with Gasteiger partial charge in [-0.3, -0.25) is 0 Å². The van der Waals surface area contributed by atoms with Crippen LogP contribution in [-0.2, 0) is 21.9 Å². The van der Waals surface area contributed by atoms with Crippen LogP contribution < -0.4 is 0 Å². The van der Waals surface area contributed by atoms with Crippen molar-refractivity contribution in [3.05, 3.63) is 49.0 Å². The van der Waals surface area contributed by atoms with Gasteiger partial charge < -0.3 is 17.1 Å². The van der Waals surface area contributed by atoms with Gasteiger partial charge in [-0.15, -0.1) is 19.7 Å². The van der Waals surface area contributed by atoms with Crippen LogP contribution in [0.3, 0.4) is 0 Å². The lowest BCUT2D eigenvalue weighted by atomic mass is 10.5. The zero-order valence-corrected chi connectivity index (χ0v) is 20.4. The maximum absolute atomic E-state index is 11.4. The monoisotopic (exact) mass is 416 g/mol. The zero-order chi connectivity index (χ0) is 19.3. The van der Waals surface area contributed by atoms with Crippen LogP contribution in [-0.4, -0.2) is 48.5 Å². The Bertz CT molecular complexity index is 429. The summed E-state index contributed by atoms with van der Waals surface area (Å²) in [6.07, 6.45) is 3.69. The fourth-order valence-corrected chi connectivity index (χ4v) is 14.0. The Morgan fingerprint density at radius 2 is 1.40 bits per heavy atom. The molecule has 0 saturated carbocycles. The molecule has 0 saturated heterocycles. The van der Waals surface area contributed by atoms with E-state index in [-0.39, 0.29) is 5.97 Å². The molecule has 5 nitrogen and oxygen atoms in total. The number of hydrogen-bond donors (Lipinski definition) is 0. The van der Waals surface area contributed by atoms with Gasteiger partial charge in [-0.05, 0) is 33.0 Å². The Morgan fingerprint density at radius 3 is 1.76 bits per heavy atom. The molecule has 9 heteroatoms. The van der Waals surface area contributed by atoms with Gasteiger partial charge in [0.1, 0.15) is 0 Å². The predicted octanol–water partition coefficient (Wildman–Crippen LogP) is 2.72. The highest BCUT2D eigenvalue weighted by atomic mass is 28.5. The maximum Gasteiger partial charge on any atom is 0.469 e. The zero-order valence-electron chi connectivity index (χ0n) is 15.9. The highest BCUT2D eigenvalue weighted by molar-refractivity contribution is 6.82. The average Bonchev–Trinajstić information content (AvgIpc) is 2.58. The molecule has 0 aliphatic heterocycles. The first-order chi connectivity index (χ1) is 11.8. The minimum atomic E-state index is -2.88. The number of ether oxygens (including phenoxy) is 1. The number of hydrogen-bond acceptors (Lipinski definition) is 5. The lowest BCUT2D eigenvalue weighted by molar-refractivity contribution is -0.137. The normalized spacial score (nSPS) is 17.3. The van der Waals surface area contributed by atoms with Crippen LogP contribution >= 0.6 is 0 Å². The first-order valence-corrected chi connectivity index (χ1v) is 17.3. The van der Waals surface area contributed by atoms with Crippen molar-refractivity contribution in [1.29, 1.82) is 0 Å². The third kappa shape index (κ3) is 10.7. The molecule has 0 amide bonds.